The summed E-state index contributed by atoms with van der Waals surface area (Å²) in [6, 6.07) is 11.5. The van der Waals surface area contributed by atoms with Crippen LogP contribution in [0.25, 0.3) is 5.69 Å². The standard InChI is InChI=1S/C17H22N4O2/c1-13-12-16(19-21(13)14-6-3-2-4-7-14)18-17(23)20-10-5-8-15(22)9-11-20/h2-4,6-7,12,15,22H,5,8-11H2,1H3,(H,18,19,23). The molecule has 2 aromatic rings. The number of nitrogens with zero attached hydrogens (tertiary/aromatic N) is 3. The number of carbonyl (C=O) groups excluding carboxylic acids is 1. The lowest BCUT2D eigenvalue weighted by Crippen LogP contribution is -2.36. The van der Waals surface area contributed by atoms with E-state index in [2.05, 4.69) is 10.4 Å². The predicted molar refractivity (Wildman–Crippen MR) is 88.8 cm³/mol. The molecule has 1 aromatic carbocycles. The minimum Gasteiger partial charge on any atom is -0.393 e. The summed E-state index contributed by atoms with van der Waals surface area (Å²) in [5, 5.41) is 17.0. The number of urea groups is 1. The monoisotopic (exact) mass is 314 g/mol. The lowest BCUT2D eigenvalue weighted by atomic mass is 10.2. The average Bonchev–Trinajstić information content (AvgIpc) is 2.77. The van der Waals surface area contributed by atoms with E-state index in [1.807, 2.05) is 48.0 Å². The molecule has 6 nitrogen and oxygen atoms in total. The predicted octanol–water partition coefficient (Wildman–Crippen LogP) is 2.56. The third kappa shape index (κ3) is 3.71. The number of carbonyl (C=O) groups is 1. The smallest absolute Gasteiger partial charge is 0.323 e. The number of para-hydroxylation sites is 1. The van der Waals surface area contributed by atoms with Gasteiger partial charge in [-0.1, -0.05) is 18.2 Å². The Balaban J connectivity index is 1.70. The van der Waals surface area contributed by atoms with E-state index in [-0.39, 0.29) is 12.1 Å². The van der Waals surface area contributed by atoms with Gasteiger partial charge >= 0.3 is 6.03 Å². The number of hydrogen-bond donors (Lipinski definition) is 2. The first-order valence-electron chi connectivity index (χ1n) is 7.99. The molecular weight excluding hydrogens is 292 g/mol. The van der Waals surface area contributed by atoms with Gasteiger partial charge in [-0.15, -0.1) is 5.10 Å². The number of hydrogen-bond acceptors (Lipinski definition) is 3. The van der Waals surface area contributed by atoms with Crippen LogP contribution >= 0.6 is 0 Å². The number of aliphatic hydroxyl groups excluding tert-OH is 1. The van der Waals surface area contributed by atoms with E-state index in [9.17, 15) is 9.90 Å². The minimum absolute atomic E-state index is 0.156. The van der Waals surface area contributed by atoms with Crippen molar-refractivity contribution in [3.8, 4) is 5.69 Å². The van der Waals surface area contributed by atoms with Gasteiger partial charge in [0.05, 0.1) is 11.8 Å². The second-order valence-electron chi connectivity index (χ2n) is 5.92. The van der Waals surface area contributed by atoms with Gasteiger partial charge in [-0.3, -0.25) is 5.32 Å². The summed E-state index contributed by atoms with van der Waals surface area (Å²) in [5.74, 6) is 0.543. The van der Waals surface area contributed by atoms with Crippen LogP contribution in [0, 0.1) is 6.92 Å². The normalized spacial score (nSPS) is 18.5. The topological polar surface area (TPSA) is 70.4 Å². The van der Waals surface area contributed by atoms with Crippen LogP contribution in [-0.2, 0) is 0 Å². The van der Waals surface area contributed by atoms with Gasteiger partial charge in [0.25, 0.3) is 0 Å². The largest absolute Gasteiger partial charge is 0.393 e. The highest BCUT2D eigenvalue weighted by Crippen LogP contribution is 2.16. The van der Waals surface area contributed by atoms with E-state index in [0.717, 1.165) is 24.2 Å². The molecule has 3 rings (SSSR count). The fraction of sp³-hybridized carbons (Fsp3) is 0.412. The first kappa shape index (κ1) is 15.6. The molecule has 23 heavy (non-hydrogen) atoms. The molecule has 6 heteroatoms. The summed E-state index contributed by atoms with van der Waals surface area (Å²) in [6.45, 7) is 3.20. The Kier molecular flexibility index (Phi) is 4.62. The van der Waals surface area contributed by atoms with Crippen LogP contribution in [0.4, 0.5) is 10.6 Å². The van der Waals surface area contributed by atoms with Crippen LogP contribution in [0.5, 0.6) is 0 Å². The average molecular weight is 314 g/mol. The lowest BCUT2D eigenvalue weighted by Gasteiger charge is -2.19. The van der Waals surface area contributed by atoms with Crippen LogP contribution in [-0.4, -0.2) is 45.0 Å². The second-order valence-corrected chi connectivity index (χ2v) is 5.92. The summed E-state index contributed by atoms with van der Waals surface area (Å²) in [5.41, 5.74) is 1.92. The molecule has 1 aromatic heterocycles. The molecule has 0 saturated carbocycles. The number of rotatable bonds is 2. The van der Waals surface area contributed by atoms with Gasteiger partial charge in [0.2, 0.25) is 0 Å². The van der Waals surface area contributed by atoms with Crippen LogP contribution in [0.3, 0.4) is 0 Å². The van der Waals surface area contributed by atoms with Crippen molar-refractivity contribution in [3.05, 3.63) is 42.1 Å². The van der Waals surface area contributed by atoms with Gasteiger partial charge in [0.15, 0.2) is 5.82 Å². The molecule has 1 atom stereocenters. The van der Waals surface area contributed by atoms with Gasteiger partial charge in [0, 0.05) is 24.8 Å². The lowest BCUT2D eigenvalue weighted by molar-refractivity contribution is 0.156. The molecule has 1 saturated heterocycles. The van der Waals surface area contributed by atoms with E-state index < -0.39 is 0 Å². The van der Waals surface area contributed by atoms with Crippen LogP contribution in [0.1, 0.15) is 25.0 Å². The maximum atomic E-state index is 12.4. The Morgan fingerprint density at radius 1 is 1.26 bits per heavy atom. The zero-order valence-corrected chi connectivity index (χ0v) is 13.3. The van der Waals surface area contributed by atoms with Gasteiger partial charge in [-0.2, -0.15) is 0 Å². The van der Waals surface area contributed by atoms with Gasteiger partial charge in [-0.25, -0.2) is 9.48 Å². The molecule has 1 unspecified atom stereocenters. The maximum Gasteiger partial charge on any atom is 0.323 e. The molecule has 2 heterocycles. The van der Waals surface area contributed by atoms with Crippen LogP contribution < -0.4 is 5.32 Å². The first-order valence-corrected chi connectivity index (χ1v) is 7.99. The Labute approximate surface area is 135 Å². The van der Waals surface area contributed by atoms with E-state index in [4.69, 9.17) is 0 Å². The molecule has 1 aliphatic heterocycles. The van der Waals surface area contributed by atoms with Crippen molar-refractivity contribution in [2.24, 2.45) is 0 Å². The number of aromatic nitrogens is 2. The Morgan fingerprint density at radius 2 is 2.04 bits per heavy atom. The zero-order chi connectivity index (χ0) is 16.2. The van der Waals surface area contributed by atoms with Crippen LogP contribution in [0.15, 0.2) is 36.4 Å². The number of likely N-dealkylation sites (tertiary alicyclic amines) is 1. The molecule has 0 aliphatic carbocycles. The number of nitrogens with one attached hydrogen (secondary N) is 1. The third-order valence-corrected chi connectivity index (χ3v) is 4.11. The second kappa shape index (κ2) is 6.83. The quantitative estimate of drug-likeness (QED) is 0.895. The Morgan fingerprint density at radius 3 is 2.83 bits per heavy atom. The first-order chi connectivity index (χ1) is 11.1. The molecule has 2 N–H and O–H groups in total. The summed E-state index contributed by atoms with van der Waals surface area (Å²) in [7, 11) is 0. The number of anilines is 1. The van der Waals surface area contributed by atoms with Crippen molar-refractivity contribution < 1.29 is 9.90 Å². The van der Waals surface area contributed by atoms with Crippen molar-refractivity contribution in [2.75, 3.05) is 18.4 Å². The molecule has 0 bridgehead atoms. The van der Waals surface area contributed by atoms with Crippen molar-refractivity contribution in [1.29, 1.82) is 0 Å². The van der Waals surface area contributed by atoms with E-state index >= 15 is 0 Å². The van der Waals surface area contributed by atoms with E-state index in [0.29, 0.717) is 25.3 Å². The fourth-order valence-electron chi connectivity index (χ4n) is 2.84. The fourth-order valence-corrected chi connectivity index (χ4v) is 2.84. The van der Waals surface area contributed by atoms with Crippen molar-refractivity contribution in [1.82, 2.24) is 14.7 Å². The van der Waals surface area contributed by atoms with Gasteiger partial charge in [-0.05, 0) is 38.3 Å². The number of aliphatic hydroxyl groups is 1. The van der Waals surface area contributed by atoms with E-state index in [1.165, 1.54) is 0 Å². The third-order valence-electron chi connectivity index (χ3n) is 4.11. The van der Waals surface area contributed by atoms with Crippen LogP contribution in [0.2, 0.25) is 0 Å². The minimum atomic E-state index is -0.299. The number of benzene rings is 1. The molecule has 1 fully saturated rings. The number of amides is 2. The van der Waals surface area contributed by atoms with Crippen molar-refractivity contribution in [2.45, 2.75) is 32.3 Å². The molecule has 0 spiro atoms. The van der Waals surface area contributed by atoms with Gasteiger partial charge in [0.1, 0.15) is 0 Å². The van der Waals surface area contributed by atoms with Crippen molar-refractivity contribution >= 4 is 11.8 Å². The summed E-state index contributed by atoms with van der Waals surface area (Å²) in [6.07, 6.45) is 1.91. The SMILES string of the molecule is Cc1cc(NC(=O)N2CCCC(O)CC2)nn1-c1ccccc1. The Bertz CT molecular complexity index is 668. The molecule has 2 amide bonds. The highest BCUT2D eigenvalue weighted by atomic mass is 16.3. The molecule has 0 radical (unpaired) electrons. The number of aryl methyl sites for hydroxylation is 1. The summed E-state index contributed by atoms with van der Waals surface area (Å²) in [4.78, 5) is 14.1. The highest BCUT2D eigenvalue weighted by Gasteiger charge is 2.20. The maximum absolute atomic E-state index is 12.4. The molecule has 122 valence electrons. The zero-order valence-electron chi connectivity index (χ0n) is 13.3. The highest BCUT2D eigenvalue weighted by molar-refractivity contribution is 5.88. The van der Waals surface area contributed by atoms with Crippen molar-refractivity contribution in [3.63, 3.8) is 0 Å². The van der Waals surface area contributed by atoms with Gasteiger partial charge < -0.3 is 10.0 Å². The Hall–Kier alpha value is -2.34. The summed E-state index contributed by atoms with van der Waals surface area (Å²) >= 11 is 0. The molecular formula is C17H22N4O2. The summed E-state index contributed by atoms with van der Waals surface area (Å²) < 4.78 is 1.81. The molecule has 1 aliphatic rings. The van der Waals surface area contributed by atoms with E-state index in [1.54, 1.807) is 4.90 Å².